The van der Waals surface area contributed by atoms with E-state index in [0.717, 1.165) is 24.2 Å². The molecule has 0 bridgehead atoms. The number of rotatable bonds is 8. The molecular formula is C20H27N3O3. The smallest absolute Gasteiger partial charge is 0.243 e. The van der Waals surface area contributed by atoms with Crippen LogP contribution < -0.4 is 15.4 Å². The SMILES string of the molecule is COc1ccc(CC(=O)N[C@@H](CC2CCCCC2)C(=O)NCC#N)cc1. The zero-order valence-electron chi connectivity index (χ0n) is 15.3. The number of ether oxygens (including phenoxy) is 1. The number of hydrogen-bond acceptors (Lipinski definition) is 4. The molecule has 0 aromatic heterocycles. The fourth-order valence-electron chi connectivity index (χ4n) is 3.41. The zero-order valence-corrected chi connectivity index (χ0v) is 15.3. The highest BCUT2D eigenvalue weighted by Gasteiger charge is 2.25. The van der Waals surface area contributed by atoms with Crippen LogP contribution in [-0.4, -0.2) is 31.5 Å². The van der Waals surface area contributed by atoms with Crippen LogP contribution in [0, 0.1) is 17.2 Å². The van der Waals surface area contributed by atoms with Crippen molar-refractivity contribution in [2.24, 2.45) is 5.92 Å². The molecule has 6 nitrogen and oxygen atoms in total. The summed E-state index contributed by atoms with van der Waals surface area (Å²) in [6.07, 6.45) is 6.62. The van der Waals surface area contributed by atoms with Crippen LogP contribution in [0.5, 0.6) is 5.75 Å². The van der Waals surface area contributed by atoms with E-state index >= 15 is 0 Å². The maximum atomic E-state index is 12.4. The van der Waals surface area contributed by atoms with Gasteiger partial charge in [-0.25, -0.2) is 0 Å². The second-order valence-corrected chi connectivity index (χ2v) is 6.76. The molecule has 26 heavy (non-hydrogen) atoms. The summed E-state index contributed by atoms with van der Waals surface area (Å²) in [6.45, 7) is -0.0473. The van der Waals surface area contributed by atoms with E-state index in [-0.39, 0.29) is 24.8 Å². The number of nitrogens with one attached hydrogen (secondary N) is 2. The average molecular weight is 357 g/mol. The number of benzene rings is 1. The lowest BCUT2D eigenvalue weighted by atomic mass is 9.84. The van der Waals surface area contributed by atoms with Gasteiger partial charge in [0.2, 0.25) is 11.8 Å². The normalized spacial score (nSPS) is 15.5. The summed E-state index contributed by atoms with van der Waals surface area (Å²) in [6, 6.07) is 8.61. The molecule has 0 spiro atoms. The summed E-state index contributed by atoms with van der Waals surface area (Å²) >= 11 is 0. The largest absolute Gasteiger partial charge is 0.497 e. The number of amides is 2. The highest BCUT2D eigenvalue weighted by Crippen LogP contribution is 2.27. The van der Waals surface area contributed by atoms with E-state index in [1.165, 1.54) is 19.3 Å². The third-order valence-corrected chi connectivity index (χ3v) is 4.81. The first-order chi connectivity index (χ1) is 12.6. The lowest BCUT2D eigenvalue weighted by molar-refractivity contribution is -0.129. The number of nitriles is 1. The van der Waals surface area contributed by atoms with Gasteiger partial charge in [-0.3, -0.25) is 9.59 Å². The van der Waals surface area contributed by atoms with Crippen molar-refractivity contribution < 1.29 is 14.3 Å². The zero-order chi connectivity index (χ0) is 18.8. The quantitative estimate of drug-likeness (QED) is 0.699. The molecule has 1 aliphatic carbocycles. The molecule has 1 saturated carbocycles. The number of methoxy groups -OCH3 is 1. The van der Waals surface area contributed by atoms with E-state index in [9.17, 15) is 9.59 Å². The fraction of sp³-hybridized carbons (Fsp3) is 0.550. The van der Waals surface area contributed by atoms with Gasteiger partial charge >= 0.3 is 0 Å². The van der Waals surface area contributed by atoms with Crippen molar-refractivity contribution in [1.82, 2.24) is 10.6 Å². The van der Waals surface area contributed by atoms with Gasteiger partial charge in [0.25, 0.3) is 0 Å². The number of carbonyl (C=O) groups is 2. The molecule has 1 aromatic carbocycles. The second kappa shape index (κ2) is 10.4. The molecule has 2 rings (SSSR count). The molecule has 0 radical (unpaired) electrons. The molecule has 1 aromatic rings. The Morgan fingerprint density at radius 2 is 1.92 bits per heavy atom. The number of nitrogens with zero attached hydrogens (tertiary/aromatic N) is 1. The molecular weight excluding hydrogens is 330 g/mol. The molecule has 0 aliphatic heterocycles. The molecule has 1 aliphatic rings. The van der Waals surface area contributed by atoms with Gasteiger partial charge in [-0.05, 0) is 30.0 Å². The minimum Gasteiger partial charge on any atom is -0.497 e. The first-order valence-electron chi connectivity index (χ1n) is 9.19. The standard InChI is InChI=1S/C20H27N3O3/c1-26-17-9-7-16(8-10-17)14-19(24)23-18(20(25)22-12-11-21)13-15-5-3-2-4-6-15/h7-10,15,18H,2-6,12-14H2,1H3,(H,22,25)(H,23,24)/t18-/m0/s1. The van der Waals surface area contributed by atoms with Gasteiger partial charge in [-0.15, -0.1) is 0 Å². The lowest BCUT2D eigenvalue weighted by Gasteiger charge is -2.26. The predicted molar refractivity (Wildman–Crippen MR) is 98.4 cm³/mol. The maximum Gasteiger partial charge on any atom is 0.243 e. The van der Waals surface area contributed by atoms with Gasteiger partial charge in [0.1, 0.15) is 18.3 Å². The number of carbonyl (C=O) groups excluding carboxylic acids is 2. The first-order valence-corrected chi connectivity index (χ1v) is 9.19. The van der Waals surface area contributed by atoms with Crippen LogP contribution in [0.4, 0.5) is 0 Å². The van der Waals surface area contributed by atoms with Crippen molar-refractivity contribution in [3.8, 4) is 11.8 Å². The maximum absolute atomic E-state index is 12.4. The van der Waals surface area contributed by atoms with Gasteiger partial charge in [0.15, 0.2) is 0 Å². The van der Waals surface area contributed by atoms with Crippen molar-refractivity contribution >= 4 is 11.8 Å². The van der Waals surface area contributed by atoms with E-state index in [2.05, 4.69) is 10.6 Å². The van der Waals surface area contributed by atoms with E-state index in [0.29, 0.717) is 12.3 Å². The van der Waals surface area contributed by atoms with Crippen LogP contribution in [0.2, 0.25) is 0 Å². The number of hydrogen-bond donors (Lipinski definition) is 2. The molecule has 0 heterocycles. The summed E-state index contributed by atoms with van der Waals surface area (Å²) in [5, 5.41) is 14.1. The minimum absolute atomic E-state index is 0.0473. The summed E-state index contributed by atoms with van der Waals surface area (Å²) in [5.74, 6) is 0.714. The summed E-state index contributed by atoms with van der Waals surface area (Å²) < 4.78 is 5.11. The van der Waals surface area contributed by atoms with Gasteiger partial charge in [-0.1, -0.05) is 44.2 Å². The Hall–Kier alpha value is -2.55. The molecule has 6 heteroatoms. The Morgan fingerprint density at radius 1 is 1.23 bits per heavy atom. The van der Waals surface area contributed by atoms with Crippen molar-refractivity contribution in [2.75, 3.05) is 13.7 Å². The van der Waals surface area contributed by atoms with Gasteiger partial charge in [-0.2, -0.15) is 5.26 Å². The molecule has 2 N–H and O–H groups in total. The Labute approximate surface area is 154 Å². The van der Waals surface area contributed by atoms with Gasteiger partial charge in [0.05, 0.1) is 19.6 Å². The highest BCUT2D eigenvalue weighted by atomic mass is 16.5. The lowest BCUT2D eigenvalue weighted by Crippen LogP contribution is -2.48. The van der Waals surface area contributed by atoms with Crippen LogP contribution in [0.25, 0.3) is 0 Å². The predicted octanol–water partition coefficient (Wildman–Crippen LogP) is 2.33. The van der Waals surface area contributed by atoms with Crippen molar-refractivity contribution in [1.29, 1.82) is 5.26 Å². The Bertz CT molecular complexity index is 631. The third-order valence-electron chi connectivity index (χ3n) is 4.81. The van der Waals surface area contributed by atoms with Crippen molar-refractivity contribution in [3.05, 3.63) is 29.8 Å². The van der Waals surface area contributed by atoms with E-state index in [1.54, 1.807) is 7.11 Å². The van der Waals surface area contributed by atoms with Crippen LogP contribution >= 0.6 is 0 Å². The summed E-state index contributed by atoms with van der Waals surface area (Å²) in [5.41, 5.74) is 0.858. The third kappa shape index (κ3) is 6.40. The molecule has 1 atom stereocenters. The molecule has 1 fully saturated rings. The van der Waals surface area contributed by atoms with Crippen LogP contribution in [0.3, 0.4) is 0 Å². The first kappa shape index (κ1) is 19.8. The molecule has 2 amide bonds. The van der Waals surface area contributed by atoms with Crippen molar-refractivity contribution in [3.63, 3.8) is 0 Å². The van der Waals surface area contributed by atoms with E-state index in [1.807, 2.05) is 30.3 Å². The molecule has 0 saturated heterocycles. The molecule has 140 valence electrons. The van der Waals surface area contributed by atoms with E-state index in [4.69, 9.17) is 10.00 Å². The fourth-order valence-corrected chi connectivity index (χ4v) is 3.41. The van der Waals surface area contributed by atoms with Gasteiger partial charge in [0, 0.05) is 0 Å². The minimum atomic E-state index is -0.586. The Morgan fingerprint density at radius 3 is 2.54 bits per heavy atom. The van der Waals surface area contributed by atoms with Crippen molar-refractivity contribution in [2.45, 2.75) is 51.0 Å². The second-order valence-electron chi connectivity index (χ2n) is 6.76. The van der Waals surface area contributed by atoms with Crippen LogP contribution in [0.1, 0.15) is 44.1 Å². The van der Waals surface area contributed by atoms with E-state index < -0.39 is 6.04 Å². The average Bonchev–Trinajstić information content (AvgIpc) is 2.67. The van der Waals surface area contributed by atoms with Crippen LogP contribution in [0.15, 0.2) is 24.3 Å². The Balaban J connectivity index is 1.95. The Kier molecular flexibility index (Phi) is 7.94. The molecule has 0 unspecified atom stereocenters. The van der Waals surface area contributed by atoms with Crippen LogP contribution in [-0.2, 0) is 16.0 Å². The van der Waals surface area contributed by atoms with Gasteiger partial charge < -0.3 is 15.4 Å². The topological polar surface area (TPSA) is 91.2 Å². The summed E-state index contributed by atoms with van der Waals surface area (Å²) in [7, 11) is 1.59. The highest BCUT2D eigenvalue weighted by molar-refractivity contribution is 5.88. The monoisotopic (exact) mass is 357 g/mol. The summed E-state index contributed by atoms with van der Waals surface area (Å²) in [4.78, 5) is 24.8.